The first-order valence-electron chi connectivity index (χ1n) is 9.09. The molecule has 132 valence electrons. The number of carbonyl (C=O) groups excluding carboxylic acids is 2. The number of allylic oxidation sites excluding steroid dienone is 2. The third-order valence-electron chi connectivity index (χ3n) is 7.10. The third kappa shape index (κ3) is 1.71. The first-order chi connectivity index (χ1) is 11.9. The minimum Gasteiger partial charge on any atom is -0.458 e. The molecular weight excluding hydrogens is 320 g/mol. The van der Waals surface area contributed by atoms with Crippen molar-refractivity contribution in [3.63, 3.8) is 0 Å². The summed E-state index contributed by atoms with van der Waals surface area (Å²) in [5, 5.41) is 9.46. The highest BCUT2D eigenvalue weighted by molar-refractivity contribution is 6.09. The predicted octanol–water partition coefficient (Wildman–Crippen LogP) is 1.86. The van der Waals surface area contributed by atoms with Crippen molar-refractivity contribution < 1.29 is 24.2 Å². The first-order valence-corrected chi connectivity index (χ1v) is 9.09. The van der Waals surface area contributed by atoms with Crippen LogP contribution >= 0.6 is 0 Å². The molecule has 2 aliphatic heterocycles. The molecule has 1 spiro atoms. The number of hydrogen-bond acceptors (Lipinski definition) is 5. The van der Waals surface area contributed by atoms with Gasteiger partial charge in [-0.3, -0.25) is 4.79 Å². The maximum atomic E-state index is 13.2. The number of ketones is 1. The van der Waals surface area contributed by atoms with E-state index < -0.39 is 5.60 Å². The summed E-state index contributed by atoms with van der Waals surface area (Å²) in [6, 6.07) is 0. The van der Waals surface area contributed by atoms with Crippen LogP contribution in [0.1, 0.15) is 33.1 Å². The number of aliphatic hydroxyl groups excluding tert-OH is 1. The van der Waals surface area contributed by atoms with E-state index in [2.05, 4.69) is 13.0 Å². The van der Waals surface area contributed by atoms with Gasteiger partial charge < -0.3 is 14.6 Å². The van der Waals surface area contributed by atoms with Crippen LogP contribution in [-0.2, 0) is 19.1 Å². The lowest BCUT2D eigenvalue weighted by atomic mass is 9.52. The second kappa shape index (κ2) is 4.71. The topological polar surface area (TPSA) is 76.1 Å². The maximum absolute atomic E-state index is 13.2. The highest BCUT2D eigenvalue weighted by Crippen LogP contribution is 2.67. The molecule has 1 saturated heterocycles. The minimum absolute atomic E-state index is 0.0229. The van der Waals surface area contributed by atoms with Crippen molar-refractivity contribution in [1.82, 2.24) is 0 Å². The van der Waals surface area contributed by atoms with E-state index in [0.29, 0.717) is 18.6 Å². The highest BCUT2D eigenvalue weighted by Gasteiger charge is 2.73. The molecular formula is C20H22O5. The lowest BCUT2D eigenvalue weighted by molar-refractivity contribution is -0.136. The monoisotopic (exact) mass is 342 g/mol. The van der Waals surface area contributed by atoms with Gasteiger partial charge in [-0.2, -0.15) is 0 Å². The molecule has 1 N–H and O–H groups in total. The van der Waals surface area contributed by atoms with Crippen molar-refractivity contribution in [1.29, 1.82) is 0 Å². The zero-order valence-corrected chi connectivity index (χ0v) is 14.5. The Bertz CT molecular complexity index is 803. The number of aliphatic hydroxyl groups is 1. The van der Waals surface area contributed by atoms with E-state index in [1.807, 2.05) is 13.0 Å². The maximum Gasteiger partial charge on any atom is 0.334 e. The van der Waals surface area contributed by atoms with Gasteiger partial charge in [-0.05, 0) is 41.7 Å². The van der Waals surface area contributed by atoms with E-state index in [1.54, 1.807) is 0 Å². The normalized spacial score (nSPS) is 42.5. The molecule has 5 nitrogen and oxygen atoms in total. The number of esters is 1. The van der Waals surface area contributed by atoms with Crippen LogP contribution < -0.4 is 0 Å². The summed E-state index contributed by atoms with van der Waals surface area (Å²) in [6.07, 6.45) is 6.10. The largest absolute Gasteiger partial charge is 0.458 e. The molecule has 2 fully saturated rings. The molecule has 3 aliphatic carbocycles. The van der Waals surface area contributed by atoms with Crippen LogP contribution in [0.2, 0.25) is 0 Å². The number of hydrogen-bond donors (Lipinski definition) is 1. The van der Waals surface area contributed by atoms with E-state index >= 15 is 0 Å². The highest BCUT2D eigenvalue weighted by atomic mass is 16.6. The molecule has 0 aromatic carbocycles. The van der Waals surface area contributed by atoms with E-state index in [-0.39, 0.29) is 41.7 Å². The molecule has 0 aromatic heterocycles. The Morgan fingerprint density at radius 3 is 2.92 bits per heavy atom. The van der Waals surface area contributed by atoms with Crippen LogP contribution in [0.5, 0.6) is 0 Å². The smallest absolute Gasteiger partial charge is 0.334 e. The molecule has 0 radical (unpaired) electrons. The van der Waals surface area contributed by atoms with E-state index in [0.717, 1.165) is 29.6 Å². The standard InChI is InChI=1S/C20H22O5/c1-10(8-21)11-3-4-15-19(2)6-5-12-13(9-24-18(12)23)14(19)7-16-20(15,25-16)17(11)22/h3-4,10,14,16,21H,5-9H2,1-2H3/t10-,14-,16-,19-,20+/m0/s1. The van der Waals surface area contributed by atoms with Gasteiger partial charge in [-0.15, -0.1) is 0 Å². The summed E-state index contributed by atoms with van der Waals surface area (Å²) in [6.45, 7) is 4.41. The molecule has 5 heteroatoms. The average molecular weight is 342 g/mol. The second-order valence-corrected chi connectivity index (χ2v) is 8.24. The molecule has 25 heavy (non-hydrogen) atoms. The van der Waals surface area contributed by atoms with Crippen LogP contribution in [-0.4, -0.2) is 41.8 Å². The van der Waals surface area contributed by atoms with Gasteiger partial charge in [0, 0.05) is 23.7 Å². The molecule has 0 aromatic rings. The Balaban J connectivity index is 1.62. The van der Waals surface area contributed by atoms with Crippen LogP contribution in [0.4, 0.5) is 0 Å². The number of ether oxygens (including phenoxy) is 2. The average Bonchev–Trinajstić information content (AvgIpc) is 3.20. The Morgan fingerprint density at radius 1 is 1.36 bits per heavy atom. The Hall–Kier alpha value is -1.72. The van der Waals surface area contributed by atoms with Gasteiger partial charge in [0.2, 0.25) is 0 Å². The third-order valence-corrected chi connectivity index (χ3v) is 7.10. The Kier molecular flexibility index (Phi) is 2.93. The fourth-order valence-corrected chi connectivity index (χ4v) is 5.56. The molecule has 5 aliphatic rings. The van der Waals surface area contributed by atoms with Crippen molar-refractivity contribution in [3.8, 4) is 0 Å². The summed E-state index contributed by atoms with van der Waals surface area (Å²) in [5.41, 5.74) is 2.69. The van der Waals surface area contributed by atoms with Gasteiger partial charge in [-0.1, -0.05) is 26.0 Å². The first kappa shape index (κ1) is 15.5. The zero-order valence-electron chi connectivity index (χ0n) is 14.5. The van der Waals surface area contributed by atoms with Crippen LogP contribution in [0, 0.1) is 17.3 Å². The fourth-order valence-electron chi connectivity index (χ4n) is 5.56. The van der Waals surface area contributed by atoms with Gasteiger partial charge in [0.15, 0.2) is 11.4 Å². The molecule has 5 rings (SSSR count). The lowest BCUT2D eigenvalue weighted by Gasteiger charge is -2.48. The Labute approximate surface area is 146 Å². The van der Waals surface area contributed by atoms with Crippen molar-refractivity contribution >= 4 is 11.8 Å². The summed E-state index contributed by atoms with van der Waals surface area (Å²) >= 11 is 0. The predicted molar refractivity (Wildman–Crippen MR) is 88.5 cm³/mol. The van der Waals surface area contributed by atoms with Gasteiger partial charge in [0.25, 0.3) is 0 Å². The summed E-state index contributed by atoms with van der Waals surface area (Å²) in [7, 11) is 0. The molecule has 0 amide bonds. The van der Waals surface area contributed by atoms with E-state index in [4.69, 9.17) is 9.47 Å². The molecule has 5 atom stereocenters. The fraction of sp³-hybridized carbons (Fsp3) is 0.600. The number of fused-ring (bicyclic) bond motifs is 3. The number of Topliss-reactive ketones (excluding diaryl/α,β-unsaturated/α-hetero) is 1. The van der Waals surface area contributed by atoms with Crippen molar-refractivity contribution in [3.05, 3.63) is 34.4 Å². The van der Waals surface area contributed by atoms with E-state index in [1.165, 1.54) is 0 Å². The van der Waals surface area contributed by atoms with Gasteiger partial charge in [0.1, 0.15) is 12.7 Å². The molecule has 0 unspecified atom stereocenters. The molecule has 2 heterocycles. The zero-order chi connectivity index (χ0) is 17.6. The second-order valence-electron chi connectivity index (χ2n) is 8.24. The summed E-state index contributed by atoms with van der Waals surface area (Å²) in [5.74, 6) is -0.128. The van der Waals surface area contributed by atoms with Crippen molar-refractivity contribution in [2.75, 3.05) is 13.2 Å². The number of epoxide rings is 1. The summed E-state index contributed by atoms with van der Waals surface area (Å²) < 4.78 is 11.3. The SMILES string of the molecule is C[C@@H](CO)C1=CC=C2[C@]3(O[C@H]3C[C@H]3C4=C(CC[C@]23C)C(=O)OC4)C1=O. The van der Waals surface area contributed by atoms with Crippen LogP contribution in [0.25, 0.3) is 0 Å². The Morgan fingerprint density at radius 2 is 2.16 bits per heavy atom. The molecule has 1 saturated carbocycles. The molecule has 0 bridgehead atoms. The summed E-state index contributed by atoms with van der Waals surface area (Å²) in [4.78, 5) is 25.1. The van der Waals surface area contributed by atoms with Gasteiger partial charge >= 0.3 is 5.97 Å². The number of carbonyl (C=O) groups is 2. The quantitative estimate of drug-likeness (QED) is 0.612. The van der Waals surface area contributed by atoms with Crippen LogP contribution in [0.15, 0.2) is 34.4 Å². The number of rotatable bonds is 2. The lowest BCUT2D eigenvalue weighted by Crippen LogP contribution is -2.50. The van der Waals surface area contributed by atoms with Gasteiger partial charge in [0.05, 0.1) is 0 Å². The number of cyclic esters (lactones) is 1. The van der Waals surface area contributed by atoms with Gasteiger partial charge in [-0.25, -0.2) is 4.79 Å². The van der Waals surface area contributed by atoms with Crippen molar-refractivity contribution in [2.45, 2.75) is 44.8 Å². The van der Waals surface area contributed by atoms with Crippen LogP contribution in [0.3, 0.4) is 0 Å². The van der Waals surface area contributed by atoms with Crippen molar-refractivity contribution in [2.24, 2.45) is 17.3 Å². The minimum atomic E-state index is -0.819. The van der Waals surface area contributed by atoms with E-state index in [9.17, 15) is 14.7 Å².